The Morgan fingerprint density at radius 1 is 1.19 bits per heavy atom. The highest BCUT2D eigenvalue weighted by Crippen LogP contribution is 2.34. The molecule has 1 fully saturated rings. The van der Waals surface area contributed by atoms with Crippen molar-refractivity contribution in [2.24, 2.45) is 5.92 Å². The third-order valence-corrected chi connectivity index (χ3v) is 5.75. The van der Waals surface area contributed by atoms with E-state index in [0.717, 1.165) is 21.9 Å². The Hall–Kier alpha value is -2.60. The van der Waals surface area contributed by atoms with E-state index in [-0.39, 0.29) is 11.8 Å². The lowest BCUT2D eigenvalue weighted by molar-refractivity contribution is -0.120. The molecule has 3 aromatic rings. The maximum Gasteiger partial charge on any atom is 0.231 e. The van der Waals surface area contributed by atoms with Crippen molar-refractivity contribution in [1.82, 2.24) is 4.98 Å². The van der Waals surface area contributed by atoms with Gasteiger partial charge in [-0.3, -0.25) is 4.79 Å². The zero-order chi connectivity index (χ0) is 18.3. The fraction of sp³-hybridized carbons (Fsp3) is 0.300. The van der Waals surface area contributed by atoms with Gasteiger partial charge in [-0.15, -0.1) is 0 Å². The Kier molecular flexibility index (Phi) is 4.28. The summed E-state index contributed by atoms with van der Waals surface area (Å²) in [6, 6.07) is 12.1. The van der Waals surface area contributed by atoms with E-state index in [9.17, 15) is 4.79 Å². The van der Waals surface area contributed by atoms with Crippen molar-refractivity contribution in [3.8, 4) is 5.75 Å². The second-order valence-corrected chi connectivity index (χ2v) is 7.77. The molecule has 1 aliphatic heterocycles. The molecule has 134 valence electrons. The molecule has 0 aliphatic carbocycles. The molecule has 4 rings (SSSR count). The van der Waals surface area contributed by atoms with Crippen LogP contribution in [0.4, 0.5) is 10.8 Å². The van der Waals surface area contributed by atoms with Gasteiger partial charge >= 0.3 is 0 Å². The molecular weight excluding hydrogens is 346 g/mol. The number of carbonyl (C=O) groups is 1. The highest BCUT2D eigenvalue weighted by atomic mass is 32.1. The average Bonchev–Trinajstić information content (AvgIpc) is 2.96. The Bertz CT molecular complexity index is 976. The van der Waals surface area contributed by atoms with Crippen LogP contribution in [0.3, 0.4) is 0 Å². The van der Waals surface area contributed by atoms with Gasteiger partial charge in [0.25, 0.3) is 0 Å². The molecule has 1 N–H and O–H groups in total. The molecule has 26 heavy (non-hydrogen) atoms. The molecule has 1 saturated heterocycles. The van der Waals surface area contributed by atoms with Crippen LogP contribution in [0.1, 0.15) is 11.1 Å². The van der Waals surface area contributed by atoms with Crippen LogP contribution in [0.5, 0.6) is 5.75 Å². The number of amides is 1. The molecule has 1 amide bonds. The van der Waals surface area contributed by atoms with Crippen LogP contribution in [0.15, 0.2) is 36.4 Å². The number of aryl methyl sites for hydroxylation is 2. The number of rotatable bonds is 4. The summed E-state index contributed by atoms with van der Waals surface area (Å²) in [5, 5.41) is 3.99. The van der Waals surface area contributed by atoms with Gasteiger partial charge in [-0.25, -0.2) is 4.98 Å². The van der Waals surface area contributed by atoms with Crippen LogP contribution in [0, 0.1) is 19.8 Å². The first-order valence-corrected chi connectivity index (χ1v) is 9.43. The number of nitrogens with zero attached hydrogens (tertiary/aromatic N) is 2. The number of fused-ring (bicyclic) bond motifs is 1. The van der Waals surface area contributed by atoms with Gasteiger partial charge in [-0.1, -0.05) is 23.5 Å². The maximum atomic E-state index is 12.6. The Morgan fingerprint density at radius 3 is 2.69 bits per heavy atom. The van der Waals surface area contributed by atoms with Crippen LogP contribution in [0.2, 0.25) is 0 Å². The molecule has 0 bridgehead atoms. The quantitative estimate of drug-likeness (QED) is 0.757. The van der Waals surface area contributed by atoms with Crippen molar-refractivity contribution in [2.45, 2.75) is 13.8 Å². The minimum Gasteiger partial charge on any atom is -0.495 e. The van der Waals surface area contributed by atoms with E-state index >= 15 is 0 Å². The van der Waals surface area contributed by atoms with E-state index in [1.54, 1.807) is 18.4 Å². The second kappa shape index (κ2) is 6.61. The fourth-order valence-corrected chi connectivity index (χ4v) is 4.19. The molecule has 2 aromatic carbocycles. The van der Waals surface area contributed by atoms with E-state index in [0.29, 0.717) is 18.8 Å². The number of hydrogen-bond donors (Lipinski definition) is 1. The summed E-state index contributed by atoms with van der Waals surface area (Å²) in [6.45, 7) is 5.47. The van der Waals surface area contributed by atoms with E-state index in [1.807, 2.05) is 25.1 Å². The lowest BCUT2D eigenvalue weighted by Crippen LogP contribution is -2.52. The van der Waals surface area contributed by atoms with Crippen LogP contribution in [-0.4, -0.2) is 31.1 Å². The van der Waals surface area contributed by atoms with Gasteiger partial charge < -0.3 is 15.0 Å². The lowest BCUT2D eigenvalue weighted by Gasteiger charge is -2.38. The molecule has 0 saturated carbocycles. The van der Waals surface area contributed by atoms with Crippen LogP contribution < -0.4 is 15.0 Å². The maximum absolute atomic E-state index is 12.6. The van der Waals surface area contributed by atoms with Crippen molar-refractivity contribution in [1.29, 1.82) is 0 Å². The lowest BCUT2D eigenvalue weighted by atomic mass is 10.00. The number of carbonyl (C=O) groups excluding carboxylic acids is 1. The Labute approximate surface area is 156 Å². The smallest absolute Gasteiger partial charge is 0.231 e. The summed E-state index contributed by atoms with van der Waals surface area (Å²) in [5.41, 5.74) is 4.07. The van der Waals surface area contributed by atoms with Gasteiger partial charge in [0, 0.05) is 13.1 Å². The number of hydrogen-bond acceptors (Lipinski definition) is 5. The highest BCUT2D eigenvalue weighted by molar-refractivity contribution is 7.22. The third kappa shape index (κ3) is 3.12. The molecule has 0 radical (unpaired) electrons. The van der Waals surface area contributed by atoms with Gasteiger partial charge in [0.1, 0.15) is 5.75 Å². The third-order valence-electron chi connectivity index (χ3n) is 4.67. The van der Waals surface area contributed by atoms with E-state index in [1.165, 1.54) is 10.3 Å². The molecule has 2 heterocycles. The molecule has 0 atom stereocenters. The molecule has 6 heteroatoms. The fourth-order valence-electron chi connectivity index (χ4n) is 3.11. The number of ether oxygens (including phenoxy) is 1. The molecule has 1 aliphatic rings. The Morgan fingerprint density at radius 2 is 1.92 bits per heavy atom. The van der Waals surface area contributed by atoms with Crippen molar-refractivity contribution in [3.05, 3.63) is 47.5 Å². The summed E-state index contributed by atoms with van der Waals surface area (Å²) in [5.74, 6) is 0.678. The van der Waals surface area contributed by atoms with E-state index < -0.39 is 0 Å². The van der Waals surface area contributed by atoms with Crippen molar-refractivity contribution in [2.75, 3.05) is 30.4 Å². The first-order valence-electron chi connectivity index (χ1n) is 8.61. The van der Waals surface area contributed by atoms with Crippen LogP contribution in [-0.2, 0) is 4.79 Å². The SMILES string of the molecule is COc1ccc(C)cc1NC(=O)C1CN(c2nc3ccc(C)cc3s2)C1. The second-order valence-electron chi connectivity index (χ2n) is 6.76. The van der Waals surface area contributed by atoms with Crippen molar-refractivity contribution >= 4 is 38.3 Å². The molecular formula is C20H21N3O2S. The summed E-state index contributed by atoms with van der Waals surface area (Å²) in [6.07, 6.45) is 0. The Balaban J connectivity index is 1.42. The molecule has 0 unspecified atom stereocenters. The standard InChI is InChI=1S/C20H21N3O2S/c1-12-5-7-17(25-3)16(8-12)21-19(24)14-10-23(11-14)20-22-15-6-4-13(2)9-18(15)26-20/h4-9,14H,10-11H2,1-3H3,(H,21,24). The molecule has 0 spiro atoms. The average molecular weight is 367 g/mol. The minimum absolute atomic E-state index is 0.0297. The van der Waals surface area contributed by atoms with E-state index in [2.05, 4.69) is 40.3 Å². The first kappa shape index (κ1) is 16.8. The topological polar surface area (TPSA) is 54.5 Å². The number of nitrogens with one attached hydrogen (secondary N) is 1. The van der Waals surface area contributed by atoms with Gasteiger partial charge in [-0.05, 0) is 49.2 Å². The number of aromatic nitrogens is 1. The van der Waals surface area contributed by atoms with Gasteiger partial charge in [0.15, 0.2) is 5.13 Å². The van der Waals surface area contributed by atoms with Gasteiger partial charge in [-0.2, -0.15) is 0 Å². The van der Waals surface area contributed by atoms with E-state index in [4.69, 9.17) is 4.74 Å². The van der Waals surface area contributed by atoms with Crippen molar-refractivity contribution in [3.63, 3.8) is 0 Å². The zero-order valence-corrected chi connectivity index (χ0v) is 15.9. The number of anilines is 2. The summed E-state index contributed by atoms with van der Waals surface area (Å²) >= 11 is 1.68. The monoisotopic (exact) mass is 367 g/mol. The zero-order valence-electron chi connectivity index (χ0n) is 15.1. The summed E-state index contributed by atoms with van der Waals surface area (Å²) in [7, 11) is 1.61. The largest absolute Gasteiger partial charge is 0.495 e. The number of methoxy groups -OCH3 is 1. The minimum atomic E-state index is -0.0334. The number of benzene rings is 2. The molecule has 1 aromatic heterocycles. The first-order chi connectivity index (χ1) is 12.5. The summed E-state index contributed by atoms with van der Waals surface area (Å²) < 4.78 is 6.52. The predicted molar refractivity (Wildman–Crippen MR) is 106 cm³/mol. The highest BCUT2D eigenvalue weighted by Gasteiger charge is 2.34. The molecule has 5 nitrogen and oxygen atoms in total. The summed E-state index contributed by atoms with van der Waals surface area (Å²) in [4.78, 5) is 19.4. The van der Waals surface area contributed by atoms with Crippen molar-refractivity contribution < 1.29 is 9.53 Å². The van der Waals surface area contributed by atoms with Gasteiger partial charge in [0.05, 0.1) is 28.9 Å². The van der Waals surface area contributed by atoms with Crippen LogP contribution in [0.25, 0.3) is 10.2 Å². The normalized spacial score (nSPS) is 14.3. The van der Waals surface area contributed by atoms with Crippen LogP contribution >= 0.6 is 11.3 Å². The predicted octanol–water partition coefficient (Wildman–Crippen LogP) is 4.00. The van der Waals surface area contributed by atoms with Gasteiger partial charge in [0.2, 0.25) is 5.91 Å². The number of thiazole rings is 1.